The first kappa shape index (κ1) is 17.1. The molecule has 0 aromatic carbocycles. The fourth-order valence-electron chi connectivity index (χ4n) is 3.82. The summed E-state index contributed by atoms with van der Waals surface area (Å²) >= 11 is 0. The van der Waals surface area contributed by atoms with E-state index in [1.54, 1.807) is 17.3 Å². The van der Waals surface area contributed by atoms with Gasteiger partial charge in [0, 0.05) is 52.4 Å². The van der Waals surface area contributed by atoms with E-state index in [0.29, 0.717) is 0 Å². The van der Waals surface area contributed by atoms with E-state index in [0.717, 1.165) is 81.0 Å². The molecule has 0 atom stereocenters. The first-order chi connectivity index (χ1) is 13.8. The highest BCUT2D eigenvalue weighted by molar-refractivity contribution is 5.86. The second-order valence-electron chi connectivity index (χ2n) is 7.01. The topological polar surface area (TPSA) is 88.3 Å². The quantitative estimate of drug-likeness (QED) is 0.636. The number of aromatic nitrogens is 6. The maximum atomic E-state index is 5.44. The molecule has 3 aromatic heterocycles. The Balaban J connectivity index is 1.30. The Hall–Kier alpha value is -3.01. The standard InChI is InChI=1S/C18H23N9O/c1-24-17-14(11-23-24)18(22-13-21-17)27-4-2-25(3-5-27)15-10-16(20-12-19-15)26-6-8-28-9-7-26/h10-13H,2-9H2,1H3. The van der Waals surface area contributed by atoms with Crippen LogP contribution in [0.15, 0.2) is 24.9 Å². The lowest BCUT2D eigenvalue weighted by Gasteiger charge is -2.36. The number of piperazine rings is 1. The SMILES string of the molecule is Cn1ncc2c(N3CCN(c4cc(N5CCOCC5)ncn4)CC3)ncnc21. The normalized spacial score (nSPS) is 18.1. The van der Waals surface area contributed by atoms with Gasteiger partial charge < -0.3 is 19.4 Å². The summed E-state index contributed by atoms with van der Waals surface area (Å²) in [5.74, 6) is 2.91. The monoisotopic (exact) mass is 381 g/mol. The van der Waals surface area contributed by atoms with Crippen LogP contribution in [0.5, 0.6) is 0 Å². The van der Waals surface area contributed by atoms with Crippen LogP contribution in [0, 0.1) is 0 Å². The van der Waals surface area contributed by atoms with Gasteiger partial charge in [-0.2, -0.15) is 5.10 Å². The zero-order valence-corrected chi connectivity index (χ0v) is 15.9. The molecule has 2 aliphatic heterocycles. The van der Waals surface area contributed by atoms with Crippen LogP contribution >= 0.6 is 0 Å². The van der Waals surface area contributed by atoms with Crippen molar-refractivity contribution in [3.05, 3.63) is 24.9 Å². The molecule has 0 unspecified atom stereocenters. The van der Waals surface area contributed by atoms with Crippen LogP contribution in [0.4, 0.5) is 17.5 Å². The Bertz CT molecular complexity index is 961. The van der Waals surface area contributed by atoms with E-state index in [1.807, 2.05) is 13.2 Å². The summed E-state index contributed by atoms with van der Waals surface area (Å²) in [6.07, 6.45) is 5.12. The molecule has 5 heterocycles. The summed E-state index contributed by atoms with van der Waals surface area (Å²) < 4.78 is 7.22. The minimum absolute atomic E-state index is 0.750. The van der Waals surface area contributed by atoms with Crippen molar-refractivity contribution in [3.63, 3.8) is 0 Å². The van der Waals surface area contributed by atoms with Crippen LogP contribution in [-0.4, -0.2) is 82.2 Å². The van der Waals surface area contributed by atoms with E-state index in [9.17, 15) is 0 Å². The van der Waals surface area contributed by atoms with Crippen molar-refractivity contribution in [3.8, 4) is 0 Å². The summed E-state index contributed by atoms with van der Waals surface area (Å²) in [7, 11) is 1.90. The average molecular weight is 381 g/mol. The van der Waals surface area contributed by atoms with E-state index in [1.165, 1.54) is 0 Å². The fourth-order valence-corrected chi connectivity index (χ4v) is 3.82. The molecule has 146 valence electrons. The molecule has 0 spiro atoms. The van der Waals surface area contributed by atoms with Gasteiger partial charge in [0.05, 0.1) is 24.8 Å². The lowest BCUT2D eigenvalue weighted by molar-refractivity contribution is 0.122. The van der Waals surface area contributed by atoms with E-state index >= 15 is 0 Å². The highest BCUT2D eigenvalue weighted by atomic mass is 16.5. The molecule has 10 nitrogen and oxygen atoms in total. The molecule has 3 aromatic rings. The van der Waals surface area contributed by atoms with Gasteiger partial charge in [-0.3, -0.25) is 4.68 Å². The molecule has 10 heteroatoms. The first-order valence-electron chi connectivity index (χ1n) is 9.57. The molecular formula is C18H23N9O. The van der Waals surface area contributed by atoms with E-state index in [-0.39, 0.29) is 0 Å². The van der Waals surface area contributed by atoms with Crippen molar-refractivity contribution in [2.24, 2.45) is 7.05 Å². The zero-order chi connectivity index (χ0) is 18.9. The molecule has 0 N–H and O–H groups in total. The molecule has 5 rings (SSSR count). The second-order valence-corrected chi connectivity index (χ2v) is 7.01. The molecule has 0 aliphatic carbocycles. The summed E-state index contributed by atoms with van der Waals surface area (Å²) in [4.78, 5) is 24.7. The first-order valence-corrected chi connectivity index (χ1v) is 9.57. The number of morpholine rings is 1. The van der Waals surface area contributed by atoms with Gasteiger partial charge >= 0.3 is 0 Å². The van der Waals surface area contributed by atoms with Crippen molar-refractivity contribution in [1.82, 2.24) is 29.7 Å². The van der Waals surface area contributed by atoms with E-state index in [4.69, 9.17) is 4.74 Å². The minimum atomic E-state index is 0.750. The maximum absolute atomic E-state index is 5.44. The van der Waals surface area contributed by atoms with Gasteiger partial charge in [0.25, 0.3) is 0 Å². The largest absolute Gasteiger partial charge is 0.378 e. The Morgan fingerprint density at radius 2 is 1.43 bits per heavy atom. The smallest absolute Gasteiger partial charge is 0.163 e. The molecule has 0 radical (unpaired) electrons. The van der Waals surface area contributed by atoms with Gasteiger partial charge in [0.1, 0.15) is 30.1 Å². The highest BCUT2D eigenvalue weighted by Crippen LogP contribution is 2.25. The van der Waals surface area contributed by atoms with Crippen LogP contribution in [-0.2, 0) is 11.8 Å². The van der Waals surface area contributed by atoms with Crippen molar-refractivity contribution >= 4 is 28.5 Å². The number of anilines is 3. The van der Waals surface area contributed by atoms with E-state index in [2.05, 4.69) is 45.8 Å². The Labute approximate surface area is 162 Å². The molecule has 28 heavy (non-hydrogen) atoms. The Morgan fingerprint density at radius 3 is 2.18 bits per heavy atom. The van der Waals surface area contributed by atoms with Crippen molar-refractivity contribution < 1.29 is 4.74 Å². The highest BCUT2D eigenvalue weighted by Gasteiger charge is 2.23. The van der Waals surface area contributed by atoms with E-state index < -0.39 is 0 Å². The number of aryl methyl sites for hydroxylation is 1. The number of fused-ring (bicyclic) bond motifs is 1. The molecule has 2 aliphatic rings. The third-order valence-electron chi connectivity index (χ3n) is 5.38. The third-order valence-corrected chi connectivity index (χ3v) is 5.38. The van der Waals surface area contributed by atoms with Gasteiger partial charge in [0.15, 0.2) is 5.65 Å². The van der Waals surface area contributed by atoms with Crippen molar-refractivity contribution in [2.75, 3.05) is 67.2 Å². The van der Waals surface area contributed by atoms with Gasteiger partial charge in [-0.15, -0.1) is 0 Å². The van der Waals surface area contributed by atoms with Crippen LogP contribution in [0.25, 0.3) is 11.0 Å². The Morgan fingerprint density at radius 1 is 0.786 bits per heavy atom. The number of rotatable bonds is 3. The minimum Gasteiger partial charge on any atom is -0.378 e. The number of hydrogen-bond donors (Lipinski definition) is 0. The summed E-state index contributed by atoms with van der Waals surface area (Å²) in [6, 6.07) is 2.09. The van der Waals surface area contributed by atoms with Crippen LogP contribution < -0.4 is 14.7 Å². The molecule has 2 fully saturated rings. The van der Waals surface area contributed by atoms with Crippen molar-refractivity contribution in [1.29, 1.82) is 0 Å². The van der Waals surface area contributed by atoms with Gasteiger partial charge in [-0.25, -0.2) is 19.9 Å². The summed E-state index contributed by atoms with van der Waals surface area (Å²) in [5.41, 5.74) is 0.860. The average Bonchev–Trinajstić information content (AvgIpc) is 3.16. The third kappa shape index (κ3) is 3.09. The molecule has 0 amide bonds. The molecule has 0 bridgehead atoms. The van der Waals surface area contributed by atoms with Gasteiger partial charge in [-0.1, -0.05) is 0 Å². The Kier molecular flexibility index (Phi) is 4.40. The van der Waals surface area contributed by atoms with Crippen LogP contribution in [0.2, 0.25) is 0 Å². The predicted molar refractivity (Wildman–Crippen MR) is 106 cm³/mol. The lowest BCUT2D eigenvalue weighted by atomic mass is 10.2. The molecule has 2 saturated heterocycles. The van der Waals surface area contributed by atoms with Gasteiger partial charge in [0.2, 0.25) is 0 Å². The summed E-state index contributed by atoms with van der Waals surface area (Å²) in [5, 5.41) is 5.31. The zero-order valence-electron chi connectivity index (χ0n) is 15.9. The lowest BCUT2D eigenvalue weighted by Crippen LogP contribution is -2.47. The summed E-state index contributed by atoms with van der Waals surface area (Å²) in [6.45, 7) is 6.75. The number of hydrogen-bond acceptors (Lipinski definition) is 9. The van der Waals surface area contributed by atoms with Gasteiger partial charge in [-0.05, 0) is 0 Å². The van der Waals surface area contributed by atoms with Crippen LogP contribution in [0.3, 0.4) is 0 Å². The molecule has 0 saturated carbocycles. The number of ether oxygens (including phenoxy) is 1. The maximum Gasteiger partial charge on any atom is 0.163 e. The number of nitrogens with zero attached hydrogens (tertiary/aromatic N) is 9. The second kappa shape index (κ2) is 7.19. The molecular weight excluding hydrogens is 358 g/mol. The fraction of sp³-hybridized carbons (Fsp3) is 0.500. The van der Waals surface area contributed by atoms with Crippen molar-refractivity contribution in [2.45, 2.75) is 0 Å². The predicted octanol–water partition coefficient (Wildman–Crippen LogP) is 0.317. The van der Waals surface area contributed by atoms with Crippen LogP contribution in [0.1, 0.15) is 0 Å².